The van der Waals surface area contributed by atoms with E-state index in [-0.39, 0.29) is 42.9 Å². The third kappa shape index (κ3) is 4.92. The Hall–Kier alpha value is -4.25. The molecule has 11 nitrogen and oxygen atoms in total. The number of ether oxygens (including phenoxy) is 2. The fourth-order valence-electron chi connectivity index (χ4n) is 4.99. The molecular formula is C29H32N4O7. The number of fused-ring (bicyclic) bond motifs is 5. The molecule has 40 heavy (non-hydrogen) atoms. The predicted molar refractivity (Wildman–Crippen MR) is 147 cm³/mol. The van der Waals surface area contributed by atoms with Crippen LogP contribution in [0.1, 0.15) is 62.8 Å². The minimum absolute atomic E-state index is 0.0717. The van der Waals surface area contributed by atoms with Crippen LogP contribution in [0, 0.1) is 0 Å². The van der Waals surface area contributed by atoms with Crippen LogP contribution in [0.3, 0.4) is 0 Å². The molecule has 0 bridgehead atoms. The molecular weight excluding hydrogens is 516 g/mol. The van der Waals surface area contributed by atoms with Crippen molar-refractivity contribution in [3.05, 3.63) is 62.9 Å². The number of amides is 1. The maximum Gasteiger partial charge on any atom is 0.407 e. The summed E-state index contributed by atoms with van der Waals surface area (Å²) in [6.07, 6.45) is 1.72. The molecule has 0 radical (unpaired) electrons. The molecule has 2 aliphatic rings. The SMILES string of the molecule is CC[C@@]1(O)C(=O)OCc2c1cc1n(c2=O)Cc2c-1nc1ccccc1c2/C=N/OCCCNC(=O)OC(C)(C)C. The first-order valence-corrected chi connectivity index (χ1v) is 13.2. The zero-order valence-corrected chi connectivity index (χ0v) is 22.9. The van der Waals surface area contributed by atoms with Gasteiger partial charge in [-0.1, -0.05) is 30.3 Å². The van der Waals surface area contributed by atoms with Crippen LogP contribution >= 0.6 is 0 Å². The number of alkyl carbamates (subject to hydrolysis) is 1. The summed E-state index contributed by atoms with van der Waals surface area (Å²) in [7, 11) is 0. The van der Waals surface area contributed by atoms with E-state index in [1.807, 2.05) is 24.3 Å². The van der Waals surface area contributed by atoms with E-state index in [1.165, 1.54) is 0 Å². The topological polar surface area (TPSA) is 141 Å². The van der Waals surface area contributed by atoms with Crippen molar-refractivity contribution in [2.75, 3.05) is 13.2 Å². The number of esters is 1. The van der Waals surface area contributed by atoms with Crippen molar-refractivity contribution < 1.29 is 29.0 Å². The number of pyridine rings is 2. The number of nitrogens with one attached hydrogen (secondary N) is 1. The molecule has 4 heterocycles. The Labute approximate surface area is 230 Å². The number of para-hydroxylation sites is 1. The number of hydrogen-bond acceptors (Lipinski definition) is 9. The fraction of sp³-hybridized carbons (Fsp3) is 0.414. The largest absolute Gasteiger partial charge is 0.458 e. The second-order valence-electron chi connectivity index (χ2n) is 10.8. The lowest BCUT2D eigenvalue weighted by Gasteiger charge is -2.31. The second-order valence-corrected chi connectivity index (χ2v) is 10.8. The van der Waals surface area contributed by atoms with Gasteiger partial charge in [0, 0.05) is 35.0 Å². The first-order valence-electron chi connectivity index (χ1n) is 13.2. The van der Waals surface area contributed by atoms with Gasteiger partial charge < -0.3 is 29.3 Å². The number of cyclic esters (lactones) is 1. The zero-order valence-electron chi connectivity index (χ0n) is 22.9. The van der Waals surface area contributed by atoms with Crippen molar-refractivity contribution in [1.29, 1.82) is 0 Å². The van der Waals surface area contributed by atoms with Gasteiger partial charge in [0.2, 0.25) is 0 Å². The standard InChI is InChI=1S/C29H32N4O7/c1-5-29(37)21-13-23-24-19(15-33(23)25(34)20(21)16-38-26(29)35)18(17-9-6-7-10-22(17)32-24)14-31-39-12-8-11-30-27(36)40-28(2,3)4/h6-7,9-10,13-14,37H,5,8,11-12,15-16H2,1-4H3,(H,30,36)/b31-14+/t29-/m0/s1. The molecule has 1 amide bonds. The summed E-state index contributed by atoms with van der Waals surface area (Å²) in [6, 6.07) is 9.25. The predicted octanol–water partition coefficient (Wildman–Crippen LogP) is 3.34. The molecule has 5 rings (SSSR count). The van der Waals surface area contributed by atoms with Crippen molar-refractivity contribution in [1.82, 2.24) is 14.9 Å². The molecule has 210 valence electrons. The molecule has 0 saturated heterocycles. The number of benzene rings is 1. The minimum Gasteiger partial charge on any atom is -0.458 e. The summed E-state index contributed by atoms with van der Waals surface area (Å²) in [5.74, 6) is -0.761. The van der Waals surface area contributed by atoms with E-state index in [0.29, 0.717) is 29.9 Å². The van der Waals surface area contributed by atoms with Crippen LogP contribution in [0.4, 0.5) is 4.79 Å². The average Bonchev–Trinajstić information content (AvgIpc) is 3.27. The average molecular weight is 549 g/mol. The molecule has 2 N–H and O–H groups in total. The highest BCUT2D eigenvalue weighted by Gasteiger charge is 2.45. The van der Waals surface area contributed by atoms with E-state index in [4.69, 9.17) is 19.3 Å². The van der Waals surface area contributed by atoms with E-state index in [2.05, 4.69) is 10.5 Å². The highest BCUT2D eigenvalue weighted by Crippen LogP contribution is 2.39. The van der Waals surface area contributed by atoms with Crippen LogP contribution in [0.2, 0.25) is 0 Å². The first kappa shape index (κ1) is 27.3. The Morgan fingerprint density at radius 3 is 2.80 bits per heavy atom. The van der Waals surface area contributed by atoms with Crippen LogP contribution < -0.4 is 10.9 Å². The van der Waals surface area contributed by atoms with Crippen molar-refractivity contribution in [2.24, 2.45) is 5.16 Å². The van der Waals surface area contributed by atoms with Crippen molar-refractivity contribution in [3.63, 3.8) is 0 Å². The fourth-order valence-corrected chi connectivity index (χ4v) is 4.99. The number of carbonyl (C=O) groups is 2. The van der Waals surface area contributed by atoms with Gasteiger partial charge in [-0.25, -0.2) is 14.6 Å². The van der Waals surface area contributed by atoms with Gasteiger partial charge in [-0.05, 0) is 39.3 Å². The molecule has 3 aromatic rings. The second kappa shape index (κ2) is 10.4. The lowest BCUT2D eigenvalue weighted by Crippen LogP contribution is -2.44. The van der Waals surface area contributed by atoms with Crippen LogP contribution in [0.5, 0.6) is 0 Å². The Kier molecular flexibility index (Phi) is 7.09. The summed E-state index contributed by atoms with van der Waals surface area (Å²) in [6.45, 7) is 7.77. The molecule has 0 fully saturated rings. The summed E-state index contributed by atoms with van der Waals surface area (Å²) in [5, 5.41) is 18.8. The highest BCUT2D eigenvalue weighted by molar-refractivity contribution is 6.02. The Balaban J connectivity index is 1.41. The number of hydrogen-bond donors (Lipinski definition) is 2. The highest BCUT2D eigenvalue weighted by atomic mass is 16.6. The van der Waals surface area contributed by atoms with E-state index in [9.17, 15) is 19.5 Å². The number of carbonyl (C=O) groups excluding carboxylic acids is 2. The van der Waals surface area contributed by atoms with Gasteiger partial charge in [0.25, 0.3) is 5.56 Å². The Morgan fingerprint density at radius 2 is 2.05 bits per heavy atom. The number of oxime groups is 1. The smallest absolute Gasteiger partial charge is 0.407 e. The Bertz CT molecular complexity index is 1590. The van der Waals surface area contributed by atoms with Gasteiger partial charge in [-0.15, -0.1) is 0 Å². The quantitative estimate of drug-likeness (QED) is 0.155. The van der Waals surface area contributed by atoms with Crippen LogP contribution in [0.25, 0.3) is 22.3 Å². The van der Waals surface area contributed by atoms with Gasteiger partial charge in [-0.2, -0.15) is 0 Å². The van der Waals surface area contributed by atoms with E-state index >= 15 is 0 Å². The summed E-state index contributed by atoms with van der Waals surface area (Å²) < 4.78 is 12.0. The molecule has 11 heteroatoms. The number of rotatable bonds is 7. The molecule has 1 aromatic carbocycles. The monoisotopic (exact) mass is 548 g/mol. The summed E-state index contributed by atoms with van der Waals surface area (Å²) in [5.41, 5.74) is 1.10. The summed E-state index contributed by atoms with van der Waals surface area (Å²) in [4.78, 5) is 48.0. The van der Waals surface area contributed by atoms with Gasteiger partial charge in [-0.3, -0.25) is 4.79 Å². The lowest BCUT2D eigenvalue weighted by molar-refractivity contribution is -0.172. The van der Waals surface area contributed by atoms with E-state index in [1.54, 1.807) is 44.5 Å². The van der Waals surface area contributed by atoms with Crippen molar-refractivity contribution in [2.45, 2.75) is 64.9 Å². The number of nitrogens with zero attached hydrogens (tertiary/aromatic N) is 3. The lowest BCUT2D eigenvalue weighted by atomic mass is 9.86. The van der Waals surface area contributed by atoms with E-state index in [0.717, 1.165) is 16.5 Å². The third-order valence-electron chi connectivity index (χ3n) is 6.98. The molecule has 0 unspecified atom stereocenters. The Morgan fingerprint density at radius 1 is 1.27 bits per heavy atom. The van der Waals surface area contributed by atoms with Crippen molar-refractivity contribution in [3.8, 4) is 11.4 Å². The van der Waals surface area contributed by atoms with Crippen LogP contribution in [-0.2, 0) is 37.9 Å². The first-order chi connectivity index (χ1) is 19.0. The van der Waals surface area contributed by atoms with Gasteiger partial charge in [0.05, 0.1) is 35.2 Å². The van der Waals surface area contributed by atoms with Gasteiger partial charge in [0.1, 0.15) is 18.8 Å². The molecule has 0 aliphatic carbocycles. The summed E-state index contributed by atoms with van der Waals surface area (Å²) >= 11 is 0. The molecule has 2 aromatic heterocycles. The van der Waals surface area contributed by atoms with E-state index < -0.39 is 23.3 Å². The molecule has 0 spiro atoms. The third-order valence-corrected chi connectivity index (χ3v) is 6.98. The van der Waals surface area contributed by atoms with Gasteiger partial charge >= 0.3 is 12.1 Å². The van der Waals surface area contributed by atoms with Crippen molar-refractivity contribution >= 4 is 29.2 Å². The zero-order chi connectivity index (χ0) is 28.7. The number of aromatic nitrogens is 2. The van der Waals surface area contributed by atoms with Crippen LogP contribution in [0.15, 0.2) is 40.3 Å². The molecule has 1 atom stereocenters. The number of aliphatic hydroxyl groups is 1. The molecule has 2 aliphatic heterocycles. The normalized spacial score (nSPS) is 17.8. The molecule has 0 saturated carbocycles. The maximum atomic E-state index is 13.5. The van der Waals surface area contributed by atoms with Crippen LogP contribution in [-0.4, -0.2) is 51.7 Å². The van der Waals surface area contributed by atoms with Gasteiger partial charge in [0.15, 0.2) is 5.60 Å². The minimum atomic E-state index is -1.89. The maximum absolute atomic E-state index is 13.5.